The van der Waals surface area contributed by atoms with Crippen LogP contribution >= 0.6 is 0 Å². The number of rotatable bonds is 2. The molecule has 1 aliphatic rings. The van der Waals surface area contributed by atoms with Gasteiger partial charge in [-0.1, -0.05) is 24.3 Å². The Labute approximate surface area is 100 Å². The van der Waals surface area contributed by atoms with Crippen LogP contribution in [0.3, 0.4) is 0 Å². The van der Waals surface area contributed by atoms with E-state index in [9.17, 15) is 20.2 Å². The molecule has 0 saturated carbocycles. The molecule has 88 valence electrons. The molecular weight excluding hydrogens is 236 g/mol. The van der Waals surface area contributed by atoms with Crippen molar-refractivity contribution in [1.29, 1.82) is 0 Å². The first kappa shape index (κ1) is 10.4. The maximum Gasteiger partial charge on any atom is 0.354 e. The predicted molar refractivity (Wildman–Crippen MR) is 64.8 cm³/mol. The van der Waals surface area contributed by atoms with Crippen LogP contribution in [-0.2, 0) is 0 Å². The zero-order valence-corrected chi connectivity index (χ0v) is 8.99. The number of nitro groups is 2. The van der Waals surface area contributed by atoms with Crippen molar-refractivity contribution < 1.29 is 9.85 Å². The molecule has 0 fully saturated rings. The first-order chi connectivity index (χ1) is 8.61. The molecule has 0 spiro atoms. The largest absolute Gasteiger partial charge is 0.354 e. The van der Waals surface area contributed by atoms with Gasteiger partial charge in [0.1, 0.15) is 0 Å². The third-order valence-electron chi connectivity index (χ3n) is 3.00. The molecule has 6 heteroatoms. The summed E-state index contributed by atoms with van der Waals surface area (Å²) in [6.07, 6.45) is 0. The number of hydrogen-bond donors (Lipinski definition) is 0. The quantitative estimate of drug-likeness (QED) is 0.598. The van der Waals surface area contributed by atoms with Gasteiger partial charge in [-0.3, -0.25) is 20.2 Å². The highest BCUT2D eigenvalue weighted by Gasteiger charge is 2.40. The summed E-state index contributed by atoms with van der Waals surface area (Å²) in [5, 5.41) is 23.5. The van der Waals surface area contributed by atoms with E-state index >= 15 is 0 Å². The maximum absolute atomic E-state index is 11.1. The van der Waals surface area contributed by atoms with E-state index in [1.807, 2.05) is 0 Å². The Balaban J connectivity index is 2.51. The highest BCUT2D eigenvalue weighted by atomic mass is 16.6. The van der Waals surface area contributed by atoms with Gasteiger partial charge in [-0.15, -0.1) is 0 Å². The Morgan fingerprint density at radius 3 is 1.61 bits per heavy atom. The fourth-order valence-electron chi connectivity index (χ4n) is 2.36. The van der Waals surface area contributed by atoms with Gasteiger partial charge in [0.15, 0.2) is 0 Å². The summed E-state index contributed by atoms with van der Waals surface area (Å²) in [6.45, 7) is 0. The summed E-state index contributed by atoms with van der Waals surface area (Å²) in [6, 6.07) is 9.97. The Morgan fingerprint density at radius 1 is 0.778 bits per heavy atom. The number of benzene rings is 2. The second kappa shape index (κ2) is 3.36. The third kappa shape index (κ3) is 1.17. The van der Waals surface area contributed by atoms with Crippen molar-refractivity contribution in [3.63, 3.8) is 0 Å². The monoisotopic (exact) mass is 242 g/mol. The van der Waals surface area contributed by atoms with Gasteiger partial charge in [-0.2, -0.15) is 0 Å². The summed E-state index contributed by atoms with van der Waals surface area (Å²) < 4.78 is 0. The maximum atomic E-state index is 11.1. The van der Waals surface area contributed by atoms with Gasteiger partial charge in [0.2, 0.25) is 0 Å². The van der Waals surface area contributed by atoms with E-state index < -0.39 is 21.2 Å². The minimum Gasteiger partial charge on any atom is -0.258 e. The average Bonchev–Trinajstić information content (AvgIpc) is 2.67. The highest BCUT2D eigenvalue weighted by Crippen LogP contribution is 2.42. The smallest absolute Gasteiger partial charge is 0.258 e. The van der Waals surface area contributed by atoms with Crippen LogP contribution in [0.5, 0.6) is 0 Å². The van der Waals surface area contributed by atoms with E-state index in [1.54, 1.807) is 36.4 Å². The summed E-state index contributed by atoms with van der Waals surface area (Å²) in [5.41, 5.74) is -0.210. The summed E-state index contributed by atoms with van der Waals surface area (Å²) in [4.78, 5) is 20.8. The fraction of sp³-hybridized carbons (Fsp3) is 0. The molecule has 0 N–H and O–H groups in total. The topological polar surface area (TPSA) is 86.3 Å². The Bertz CT molecular complexity index is 690. The first-order valence-corrected chi connectivity index (χ1v) is 5.17. The SMILES string of the molecule is O=[N+]([O-])C1=C([N+](=O)[O-])c2cccc3cccc1c23. The standard InChI is InChI=1S/C12H6N2O4/c15-13(16)11-8-5-1-3-7-4-2-6-9(10(7)8)12(11)14(17)18/h1-6H. The van der Waals surface area contributed by atoms with Crippen LogP contribution in [0.1, 0.15) is 11.1 Å². The van der Waals surface area contributed by atoms with Gasteiger partial charge in [-0.25, -0.2) is 0 Å². The molecule has 2 aromatic rings. The zero-order chi connectivity index (χ0) is 12.9. The molecule has 6 nitrogen and oxygen atoms in total. The van der Waals surface area contributed by atoms with Crippen LogP contribution in [0.2, 0.25) is 0 Å². The second-order valence-electron chi connectivity index (χ2n) is 3.92. The van der Waals surface area contributed by atoms with E-state index in [0.29, 0.717) is 16.5 Å². The zero-order valence-electron chi connectivity index (χ0n) is 8.99. The van der Waals surface area contributed by atoms with Crippen LogP contribution in [0, 0.1) is 20.2 Å². The van der Waals surface area contributed by atoms with Crippen molar-refractivity contribution in [2.45, 2.75) is 0 Å². The highest BCUT2D eigenvalue weighted by molar-refractivity contribution is 6.09. The molecule has 1 aliphatic carbocycles. The van der Waals surface area contributed by atoms with Crippen LogP contribution in [0.15, 0.2) is 36.4 Å². The van der Waals surface area contributed by atoms with Crippen LogP contribution in [0.4, 0.5) is 0 Å². The third-order valence-corrected chi connectivity index (χ3v) is 3.00. The summed E-state index contributed by atoms with van der Waals surface area (Å²) >= 11 is 0. The molecule has 0 heterocycles. The molecule has 0 atom stereocenters. The van der Waals surface area contributed by atoms with E-state index in [4.69, 9.17) is 0 Å². The number of nitrogens with zero attached hydrogens (tertiary/aromatic N) is 2. The molecule has 2 aromatic carbocycles. The van der Waals surface area contributed by atoms with E-state index in [0.717, 1.165) is 5.39 Å². The molecule has 0 amide bonds. The van der Waals surface area contributed by atoms with Crippen molar-refractivity contribution in [3.05, 3.63) is 67.8 Å². The fourth-order valence-corrected chi connectivity index (χ4v) is 2.36. The molecule has 0 unspecified atom stereocenters. The van der Waals surface area contributed by atoms with Gasteiger partial charge in [0, 0.05) is 5.39 Å². The second-order valence-corrected chi connectivity index (χ2v) is 3.92. The van der Waals surface area contributed by atoms with Crippen LogP contribution < -0.4 is 0 Å². The molecule has 0 bridgehead atoms. The van der Waals surface area contributed by atoms with Crippen molar-refractivity contribution in [2.75, 3.05) is 0 Å². The van der Waals surface area contributed by atoms with Gasteiger partial charge in [0.25, 0.3) is 0 Å². The van der Waals surface area contributed by atoms with E-state index in [-0.39, 0.29) is 0 Å². The summed E-state index contributed by atoms with van der Waals surface area (Å²) in [7, 11) is 0. The van der Waals surface area contributed by atoms with Crippen molar-refractivity contribution in [3.8, 4) is 0 Å². The normalized spacial score (nSPS) is 13.1. The van der Waals surface area contributed by atoms with Gasteiger partial charge in [0.05, 0.1) is 21.0 Å². The van der Waals surface area contributed by atoms with Gasteiger partial charge in [-0.05, 0) is 17.5 Å². The molecule has 0 aromatic heterocycles. The predicted octanol–water partition coefficient (Wildman–Crippen LogP) is 2.53. The minimum atomic E-state index is -0.688. The number of hydrogen-bond acceptors (Lipinski definition) is 4. The van der Waals surface area contributed by atoms with Crippen LogP contribution in [-0.4, -0.2) is 9.85 Å². The Morgan fingerprint density at radius 2 is 1.22 bits per heavy atom. The molecular formula is C12H6N2O4. The minimum absolute atomic E-state index is 0.319. The lowest BCUT2D eigenvalue weighted by Gasteiger charge is -1.98. The molecule has 3 rings (SSSR count). The molecule has 0 saturated heterocycles. The first-order valence-electron chi connectivity index (χ1n) is 5.17. The summed E-state index contributed by atoms with van der Waals surface area (Å²) in [5.74, 6) is 0. The van der Waals surface area contributed by atoms with Crippen molar-refractivity contribution in [2.24, 2.45) is 0 Å². The molecule has 18 heavy (non-hydrogen) atoms. The Hall–Kier alpha value is -2.76. The lowest BCUT2D eigenvalue weighted by molar-refractivity contribution is -0.405. The average molecular weight is 242 g/mol. The van der Waals surface area contributed by atoms with Gasteiger partial charge >= 0.3 is 11.4 Å². The van der Waals surface area contributed by atoms with Crippen molar-refractivity contribution in [1.82, 2.24) is 0 Å². The van der Waals surface area contributed by atoms with E-state index in [1.165, 1.54) is 0 Å². The lowest BCUT2D eigenvalue weighted by atomic mass is 10.0. The Kier molecular flexibility index (Phi) is 1.94. The van der Waals surface area contributed by atoms with E-state index in [2.05, 4.69) is 0 Å². The van der Waals surface area contributed by atoms with Crippen LogP contribution in [0.25, 0.3) is 22.2 Å². The van der Waals surface area contributed by atoms with Gasteiger partial charge < -0.3 is 0 Å². The lowest BCUT2D eigenvalue weighted by Crippen LogP contribution is -2.03. The van der Waals surface area contributed by atoms with Crippen molar-refractivity contribution >= 4 is 22.2 Å². The molecule has 0 radical (unpaired) electrons. The molecule has 0 aliphatic heterocycles.